The minimum atomic E-state index is -0.409. The molecule has 1 aromatic heterocycles. The molecule has 94 valence electrons. The van der Waals surface area contributed by atoms with Gasteiger partial charge in [-0.25, -0.2) is 4.79 Å². The lowest BCUT2D eigenvalue weighted by atomic mass is 10.1. The Morgan fingerprint density at radius 2 is 2.06 bits per heavy atom. The highest BCUT2D eigenvalue weighted by molar-refractivity contribution is 6.09. The Hall–Kier alpha value is -2.10. The number of benzene rings is 1. The van der Waals surface area contributed by atoms with Crippen molar-refractivity contribution in [2.45, 2.75) is 27.3 Å². The summed E-state index contributed by atoms with van der Waals surface area (Å²) in [5.74, 6) is -0.409. The molecule has 0 aliphatic heterocycles. The third-order valence-electron chi connectivity index (χ3n) is 2.83. The van der Waals surface area contributed by atoms with Crippen LogP contribution in [0.25, 0.3) is 10.9 Å². The Balaban J connectivity index is 2.51. The van der Waals surface area contributed by atoms with Gasteiger partial charge in [0, 0.05) is 36.1 Å². The first-order chi connectivity index (χ1) is 8.63. The van der Waals surface area contributed by atoms with E-state index in [1.54, 1.807) is 0 Å². The van der Waals surface area contributed by atoms with Crippen molar-refractivity contribution >= 4 is 22.6 Å². The Bertz CT molecular complexity index is 611. The molecule has 4 heteroatoms. The lowest BCUT2D eigenvalue weighted by molar-refractivity contribution is -0.140. The van der Waals surface area contributed by atoms with Crippen LogP contribution in [0.15, 0.2) is 35.6 Å². The zero-order valence-electron chi connectivity index (χ0n) is 10.8. The van der Waals surface area contributed by atoms with Gasteiger partial charge in [0.25, 0.3) is 0 Å². The van der Waals surface area contributed by atoms with E-state index in [1.165, 1.54) is 6.92 Å². The topological polar surface area (TPSA) is 43.6 Å². The zero-order valence-corrected chi connectivity index (χ0v) is 10.8. The SMILES string of the molecule is CCn1cc(C(C)=NOC(C)=O)c2ccccc21. The molecule has 0 fully saturated rings. The highest BCUT2D eigenvalue weighted by Crippen LogP contribution is 2.22. The van der Waals surface area contributed by atoms with Crippen LogP contribution in [0.2, 0.25) is 0 Å². The molecule has 4 nitrogen and oxygen atoms in total. The quantitative estimate of drug-likeness (QED) is 0.473. The van der Waals surface area contributed by atoms with E-state index in [0.29, 0.717) is 5.71 Å². The van der Waals surface area contributed by atoms with Crippen molar-refractivity contribution in [3.8, 4) is 0 Å². The summed E-state index contributed by atoms with van der Waals surface area (Å²) in [7, 11) is 0. The number of rotatable bonds is 3. The number of aromatic nitrogens is 1. The van der Waals surface area contributed by atoms with Crippen molar-refractivity contribution in [3.05, 3.63) is 36.0 Å². The van der Waals surface area contributed by atoms with E-state index in [1.807, 2.05) is 31.3 Å². The van der Waals surface area contributed by atoms with Crippen LogP contribution in [0.1, 0.15) is 26.3 Å². The van der Waals surface area contributed by atoms with E-state index in [0.717, 1.165) is 23.0 Å². The molecule has 0 bridgehead atoms. The molecule has 0 aliphatic carbocycles. The van der Waals surface area contributed by atoms with E-state index in [-0.39, 0.29) is 0 Å². The first-order valence-corrected chi connectivity index (χ1v) is 5.94. The summed E-state index contributed by atoms with van der Waals surface area (Å²) in [5.41, 5.74) is 2.86. The van der Waals surface area contributed by atoms with Gasteiger partial charge in [-0.3, -0.25) is 0 Å². The van der Waals surface area contributed by atoms with Gasteiger partial charge in [-0.2, -0.15) is 0 Å². The molecule has 18 heavy (non-hydrogen) atoms. The highest BCUT2D eigenvalue weighted by atomic mass is 16.7. The summed E-state index contributed by atoms with van der Waals surface area (Å²) in [5, 5.41) is 4.96. The summed E-state index contributed by atoms with van der Waals surface area (Å²) >= 11 is 0. The Kier molecular flexibility index (Phi) is 3.46. The maximum atomic E-state index is 10.8. The van der Waals surface area contributed by atoms with Crippen LogP contribution in [-0.4, -0.2) is 16.2 Å². The predicted octanol–water partition coefficient (Wildman–Crippen LogP) is 2.95. The molecule has 0 amide bonds. The maximum Gasteiger partial charge on any atom is 0.331 e. The van der Waals surface area contributed by atoms with Gasteiger partial charge in [0.2, 0.25) is 0 Å². The fourth-order valence-electron chi connectivity index (χ4n) is 1.98. The molecule has 2 rings (SSSR count). The van der Waals surface area contributed by atoms with Gasteiger partial charge in [0.15, 0.2) is 0 Å². The molecule has 0 unspecified atom stereocenters. The normalized spacial score (nSPS) is 11.8. The number of hydrogen-bond acceptors (Lipinski definition) is 3. The molecule has 0 radical (unpaired) electrons. The van der Waals surface area contributed by atoms with Crippen molar-refractivity contribution in [2.24, 2.45) is 5.16 Å². The van der Waals surface area contributed by atoms with Crippen LogP contribution in [0.3, 0.4) is 0 Å². The van der Waals surface area contributed by atoms with Crippen LogP contribution in [0, 0.1) is 0 Å². The smallest absolute Gasteiger partial charge is 0.331 e. The van der Waals surface area contributed by atoms with Gasteiger partial charge in [-0.15, -0.1) is 0 Å². The van der Waals surface area contributed by atoms with E-state index in [4.69, 9.17) is 0 Å². The average Bonchev–Trinajstić information content (AvgIpc) is 2.75. The first-order valence-electron chi connectivity index (χ1n) is 5.94. The van der Waals surface area contributed by atoms with Gasteiger partial charge in [0.05, 0.1) is 5.71 Å². The second-order valence-corrected chi connectivity index (χ2v) is 4.11. The number of oxime groups is 1. The second-order valence-electron chi connectivity index (χ2n) is 4.11. The number of nitrogens with zero attached hydrogens (tertiary/aromatic N) is 2. The molecule has 0 aliphatic rings. The number of para-hydroxylation sites is 1. The molecular weight excluding hydrogens is 228 g/mol. The predicted molar refractivity (Wildman–Crippen MR) is 71.6 cm³/mol. The van der Waals surface area contributed by atoms with Crippen LogP contribution in [0.5, 0.6) is 0 Å². The van der Waals surface area contributed by atoms with Gasteiger partial charge in [-0.05, 0) is 19.9 Å². The number of carbonyl (C=O) groups excluding carboxylic acids is 1. The van der Waals surface area contributed by atoms with Crippen LogP contribution >= 0.6 is 0 Å². The standard InChI is InChI=1S/C14H16N2O2/c1-4-16-9-13(10(2)15-18-11(3)17)12-7-5-6-8-14(12)16/h5-9H,4H2,1-3H3. The molecule has 1 aromatic carbocycles. The number of aryl methyl sites for hydroxylation is 1. The first kappa shape index (κ1) is 12.4. The van der Waals surface area contributed by atoms with Crippen molar-refractivity contribution in [1.29, 1.82) is 0 Å². The number of carbonyl (C=O) groups is 1. The van der Waals surface area contributed by atoms with Gasteiger partial charge < -0.3 is 9.40 Å². The van der Waals surface area contributed by atoms with Crippen molar-refractivity contribution in [1.82, 2.24) is 4.57 Å². The van der Waals surface area contributed by atoms with Crippen LogP contribution < -0.4 is 0 Å². The van der Waals surface area contributed by atoms with Gasteiger partial charge >= 0.3 is 5.97 Å². The van der Waals surface area contributed by atoms with Crippen molar-refractivity contribution in [2.75, 3.05) is 0 Å². The monoisotopic (exact) mass is 244 g/mol. The van der Waals surface area contributed by atoms with Gasteiger partial charge in [0.1, 0.15) is 0 Å². The maximum absolute atomic E-state index is 10.8. The average molecular weight is 244 g/mol. The summed E-state index contributed by atoms with van der Waals surface area (Å²) in [6, 6.07) is 8.12. The molecule has 0 saturated heterocycles. The minimum Gasteiger partial charge on any atom is -0.347 e. The molecular formula is C14H16N2O2. The summed E-state index contributed by atoms with van der Waals surface area (Å²) in [4.78, 5) is 15.5. The molecule has 0 atom stereocenters. The number of fused-ring (bicyclic) bond motifs is 1. The lowest BCUT2D eigenvalue weighted by Crippen LogP contribution is -1.99. The van der Waals surface area contributed by atoms with E-state index >= 15 is 0 Å². The van der Waals surface area contributed by atoms with Crippen LogP contribution in [0.4, 0.5) is 0 Å². The third-order valence-corrected chi connectivity index (χ3v) is 2.83. The largest absolute Gasteiger partial charge is 0.347 e. The fraction of sp³-hybridized carbons (Fsp3) is 0.286. The Morgan fingerprint density at radius 1 is 1.33 bits per heavy atom. The van der Waals surface area contributed by atoms with Crippen molar-refractivity contribution < 1.29 is 9.63 Å². The molecule has 0 N–H and O–H groups in total. The molecule has 2 aromatic rings. The zero-order chi connectivity index (χ0) is 13.1. The number of hydrogen-bond donors (Lipinski definition) is 0. The van der Waals surface area contributed by atoms with E-state index in [9.17, 15) is 4.79 Å². The van der Waals surface area contributed by atoms with Gasteiger partial charge in [-0.1, -0.05) is 23.4 Å². The minimum absolute atomic E-state index is 0.409. The lowest BCUT2D eigenvalue weighted by Gasteiger charge is -1.98. The second kappa shape index (κ2) is 5.04. The van der Waals surface area contributed by atoms with Crippen molar-refractivity contribution in [3.63, 3.8) is 0 Å². The molecule has 0 saturated carbocycles. The third kappa shape index (κ3) is 2.27. The Morgan fingerprint density at radius 3 is 2.72 bits per heavy atom. The molecule has 1 heterocycles. The van der Waals surface area contributed by atoms with E-state index < -0.39 is 5.97 Å². The molecule has 0 spiro atoms. The fourth-order valence-corrected chi connectivity index (χ4v) is 1.98. The Labute approximate surface area is 106 Å². The van der Waals surface area contributed by atoms with Crippen LogP contribution in [-0.2, 0) is 16.2 Å². The summed E-state index contributed by atoms with van der Waals surface area (Å²) < 4.78 is 2.15. The highest BCUT2D eigenvalue weighted by Gasteiger charge is 2.10. The summed E-state index contributed by atoms with van der Waals surface area (Å²) in [6.07, 6.45) is 2.03. The summed E-state index contributed by atoms with van der Waals surface area (Å²) in [6.45, 7) is 6.16. The van der Waals surface area contributed by atoms with E-state index in [2.05, 4.69) is 27.6 Å².